The topological polar surface area (TPSA) is 119 Å². The van der Waals surface area contributed by atoms with E-state index in [0.717, 1.165) is 11.8 Å². The summed E-state index contributed by atoms with van der Waals surface area (Å²) in [5.41, 5.74) is 0. The van der Waals surface area contributed by atoms with E-state index in [-0.39, 0.29) is 24.0 Å². The molecule has 0 spiro atoms. The molecule has 0 saturated heterocycles. The molecule has 1 atom stereocenters. The van der Waals surface area contributed by atoms with E-state index in [2.05, 4.69) is 10.6 Å². The molecule has 7 nitrogen and oxygen atoms in total. The van der Waals surface area contributed by atoms with Gasteiger partial charge in [0.15, 0.2) is 0 Å². The van der Waals surface area contributed by atoms with Gasteiger partial charge >= 0.3 is 5.97 Å². The van der Waals surface area contributed by atoms with Crippen LogP contribution in [0.3, 0.4) is 0 Å². The van der Waals surface area contributed by atoms with E-state index in [1.54, 1.807) is 6.07 Å². The van der Waals surface area contributed by atoms with Crippen molar-refractivity contribution in [3.63, 3.8) is 0 Å². The van der Waals surface area contributed by atoms with Gasteiger partial charge in [0, 0.05) is 12.7 Å². The Hall–Kier alpha value is -1.75. The van der Waals surface area contributed by atoms with Crippen LogP contribution in [0.1, 0.15) is 6.92 Å². The van der Waals surface area contributed by atoms with Crippen LogP contribution >= 0.6 is 11.8 Å². The van der Waals surface area contributed by atoms with Gasteiger partial charge in [-0.15, -0.1) is 11.8 Å². The Morgan fingerprint density at radius 1 is 1.47 bits per heavy atom. The Morgan fingerprint density at radius 2 is 2.12 bits per heavy atom. The fourth-order valence-corrected chi connectivity index (χ4v) is 1.75. The summed E-state index contributed by atoms with van der Waals surface area (Å²) in [6.45, 7) is 1.15. The number of nitrogens with one attached hydrogen (secondary N) is 2. The predicted octanol–water partition coefficient (Wildman–Crippen LogP) is -1.05. The van der Waals surface area contributed by atoms with Gasteiger partial charge in [0.25, 0.3) is 0 Å². The molecular formula is C9H13N3O4S. The highest BCUT2D eigenvalue weighted by molar-refractivity contribution is 8.00. The van der Waals surface area contributed by atoms with Crippen molar-refractivity contribution in [2.45, 2.75) is 13.0 Å². The summed E-state index contributed by atoms with van der Waals surface area (Å²) >= 11 is 1.07. The Bertz CT molecular complexity index is 340. The maximum Gasteiger partial charge on any atom is 0.327 e. The van der Waals surface area contributed by atoms with Gasteiger partial charge in [-0.05, 0) is 0 Å². The highest BCUT2D eigenvalue weighted by Gasteiger charge is 2.18. The number of amides is 2. The smallest absolute Gasteiger partial charge is 0.327 e. The molecule has 94 valence electrons. The second-order valence-electron chi connectivity index (χ2n) is 3.04. The second kappa shape index (κ2) is 8.41. The minimum atomic E-state index is -1.15. The van der Waals surface area contributed by atoms with Gasteiger partial charge < -0.3 is 15.7 Å². The molecule has 0 rings (SSSR count). The SMILES string of the molecule is CC(=O)N[C@@H](CSCC(=O)NCC#N)C(=O)O. The van der Waals surface area contributed by atoms with Crippen molar-refractivity contribution in [2.24, 2.45) is 0 Å². The minimum absolute atomic E-state index is 0.0467. The van der Waals surface area contributed by atoms with Crippen LogP contribution in [0.15, 0.2) is 0 Å². The molecule has 0 heterocycles. The number of carbonyl (C=O) groups is 3. The van der Waals surface area contributed by atoms with Gasteiger partial charge in [-0.25, -0.2) is 4.79 Å². The van der Waals surface area contributed by atoms with E-state index in [9.17, 15) is 14.4 Å². The highest BCUT2D eigenvalue weighted by atomic mass is 32.2. The molecule has 0 saturated carbocycles. The van der Waals surface area contributed by atoms with E-state index in [1.165, 1.54) is 6.92 Å². The Labute approximate surface area is 103 Å². The fourth-order valence-electron chi connectivity index (χ4n) is 0.879. The third-order valence-electron chi connectivity index (χ3n) is 1.56. The Balaban J connectivity index is 3.90. The number of carboxylic acids is 1. The number of thioether (sulfide) groups is 1. The molecule has 2 amide bonds. The van der Waals surface area contributed by atoms with Gasteiger partial charge in [-0.1, -0.05) is 0 Å². The summed E-state index contributed by atoms with van der Waals surface area (Å²) in [6.07, 6.45) is 0. The molecule has 0 aliphatic rings. The third kappa shape index (κ3) is 8.10. The van der Waals surface area contributed by atoms with Gasteiger partial charge in [-0.3, -0.25) is 9.59 Å². The summed E-state index contributed by atoms with van der Waals surface area (Å²) in [6, 6.07) is 0.737. The lowest BCUT2D eigenvalue weighted by atomic mass is 10.3. The van der Waals surface area contributed by atoms with Gasteiger partial charge in [-0.2, -0.15) is 5.26 Å². The first-order chi connectivity index (χ1) is 7.97. The quantitative estimate of drug-likeness (QED) is 0.502. The molecule has 0 aromatic heterocycles. The first-order valence-electron chi connectivity index (χ1n) is 4.68. The summed E-state index contributed by atoms with van der Waals surface area (Å²) in [5.74, 6) is -1.79. The predicted molar refractivity (Wildman–Crippen MR) is 61.2 cm³/mol. The van der Waals surface area contributed by atoms with Gasteiger partial charge in [0.05, 0.1) is 11.8 Å². The zero-order valence-corrected chi connectivity index (χ0v) is 10.0. The monoisotopic (exact) mass is 259 g/mol. The molecule has 0 aromatic rings. The van der Waals surface area contributed by atoms with Crippen molar-refractivity contribution >= 4 is 29.5 Å². The van der Waals surface area contributed by atoms with Crippen LogP contribution < -0.4 is 10.6 Å². The van der Waals surface area contributed by atoms with Crippen LogP contribution in [0.5, 0.6) is 0 Å². The van der Waals surface area contributed by atoms with Crippen LogP contribution in [0.4, 0.5) is 0 Å². The van der Waals surface area contributed by atoms with E-state index in [1.807, 2.05) is 0 Å². The number of carbonyl (C=O) groups excluding carboxylic acids is 2. The fraction of sp³-hybridized carbons (Fsp3) is 0.556. The first-order valence-corrected chi connectivity index (χ1v) is 5.84. The van der Waals surface area contributed by atoms with Crippen molar-refractivity contribution in [1.29, 1.82) is 5.26 Å². The lowest BCUT2D eigenvalue weighted by Gasteiger charge is -2.12. The standard InChI is InChI=1S/C9H13N3O4S/c1-6(13)12-7(9(15)16)4-17-5-8(14)11-3-2-10/h7H,3-5H2,1H3,(H,11,14)(H,12,13)(H,15,16)/t7-/m0/s1. The van der Waals surface area contributed by atoms with Crippen molar-refractivity contribution < 1.29 is 19.5 Å². The Kier molecular flexibility index (Phi) is 7.54. The number of hydrogen-bond acceptors (Lipinski definition) is 5. The summed E-state index contributed by atoms with van der Waals surface area (Å²) in [4.78, 5) is 32.5. The lowest BCUT2D eigenvalue weighted by Crippen LogP contribution is -2.41. The van der Waals surface area contributed by atoms with Crippen molar-refractivity contribution in [2.75, 3.05) is 18.1 Å². The molecule has 0 aliphatic heterocycles. The summed E-state index contributed by atoms with van der Waals surface area (Å²) < 4.78 is 0. The van der Waals surface area contributed by atoms with Crippen molar-refractivity contribution in [3.05, 3.63) is 0 Å². The summed E-state index contributed by atoms with van der Waals surface area (Å²) in [5, 5.41) is 21.5. The third-order valence-corrected chi connectivity index (χ3v) is 2.59. The van der Waals surface area contributed by atoms with Gasteiger partial charge in [0.1, 0.15) is 12.6 Å². The highest BCUT2D eigenvalue weighted by Crippen LogP contribution is 2.03. The molecule has 0 aromatic carbocycles. The van der Waals surface area contributed by atoms with Gasteiger partial charge in [0.2, 0.25) is 11.8 Å². The molecular weight excluding hydrogens is 246 g/mol. The number of hydrogen-bond donors (Lipinski definition) is 3. The number of aliphatic carboxylic acids is 1. The molecule has 0 bridgehead atoms. The molecule has 0 fully saturated rings. The maximum atomic E-state index is 11.1. The van der Waals surface area contributed by atoms with E-state index < -0.39 is 17.9 Å². The average molecular weight is 259 g/mol. The maximum absolute atomic E-state index is 11.1. The van der Waals surface area contributed by atoms with E-state index in [4.69, 9.17) is 10.4 Å². The normalized spacial score (nSPS) is 11.1. The number of rotatable bonds is 7. The van der Waals surface area contributed by atoms with Crippen LogP contribution in [-0.2, 0) is 14.4 Å². The van der Waals surface area contributed by atoms with Crippen LogP contribution in [-0.4, -0.2) is 47.0 Å². The first kappa shape index (κ1) is 15.2. The van der Waals surface area contributed by atoms with Crippen LogP contribution in [0.25, 0.3) is 0 Å². The lowest BCUT2D eigenvalue weighted by molar-refractivity contribution is -0.140. The van der Waals surface area contributed by atoms with Crippen molar-refractivity contribution in [1.82, 2.24) is 10.6 Å². The molecule has 17 heavy (non-hydrogen) atoms. The molecule has 3 N–H and O–H groups in total. The average Bonchev–Trinajstić information content (AvgIpc) is 2.24. The second-order valence-corrected chi connectivity index (χ2v) is 4.07. The number of carboxylic acid groups (broad SMARTS) is 1. The summed E-state index contributed by atoms with van der Waals surface area (Å²) in [7, 11) is 0. The van der Waals surface area contributed by atoms with Crippen LogP contribution in [0, 0.1) is 11.3 Å². The van der Waals surface area contributed by atoms with Crippen LogP contribution in [0.2, 0.25) is 0 Å². The Morgan fingerprint density at radius 3 is 2.59 bits per heavy atom. The number of nitriles is 1. The van der Waals surface area contributed by atoms with Crippen molar-refractivity contribution in [3.8, 4) is 6.07 Å². The largest absolute Gasteiger partial charge is 0.480 e. The molecule has 0 aliphatic carbocycles. The molecule has 8 heteroatoms. The zero-order chi connectivity index (χ0) is 13.3. The van der Waals surface area contributed by atoms with E-state index >= 15 is 0 Å². The van der Waals surface area contributed by atoms with E-state index in [0.29, 0.717) is 0 Å². The molecule has 0 unspecified atom stereocenters. The zero-order valence-electron chi connectivity index (χ0n) is 9.23. The number of nitrogens with zero attached hydrogens (tertiary/aromatic N) is 1. The minimum Gasteiger partial charge on any atom is -0.480 e. The molecule has 0 radical (unpaired) electrons.